The van der Waals surface area contributed by atoms with Gasteiger partial charge in [0.2, 0.25) is 0 Å². The predicted octanol–water partition coefficient (Wildman–Crippen LogP) is 3.00. The van der Waals surface area contributed by atoms with E-state index in [9.17, 15) is 18.0 Å². The molecule has 3 nitrogen and oxygen atoms in total. The number of hydrogen-bond acceptors (Lipinski definition) is 3. The second-order valence-electron chi connectivity index (χ2n) is 3.89. The van der Waals surface area contributed by atoms with Crippen LogP contribution >= 0.6 is 24.0 Å². The number of carbonyl (C=O) groups excluding carboxylic acids is 1. The number of rotatable bonds is 5. The van der Waals surface area contributed by atoms with Crippen LogP contribution in [-0.4, -0.2) is 31.8 Å². The van der Waals surface area contributed by atoms with Crippen LogP contribution in [0.15, 0.2) is 24.3 Å². The van der Waals surface area contributed by atoms with Crippen LogP contribution in [0, 0.1) is 0 Å². The Hall–Kier alpha value is -0.980. The summed E-state index contributed by atoms with van der Waals surface area (Å²) in [6.45, 7) is -1.58. The predicted molar refractivity (Wildman–Crippen MR) is 72.3 cm³/mol. The summed E-state index contributed by atoms with van der Waals surface area (Å²) in [7, 11) is 1.48. The summed E-state index contributed by atoms with van der Waals surface area (Å²) in [5.41, 5.74) is 0.771. The number of halogens is 5. The Morgan fingerprint density at radius 3 is 2.35 bits per heavy atom. The van der Waals surface area contributed by atoms with E-state index in [-0.39, 0.29) is 18.8 Å². The van der Waals surface area contributed by atoms with E-state index in [1.54, 1.807) is 24.3 Å². The molecule has 1 N–H and O–H groups in total. The number of esters is 1. The second kappa shape index (κ2) is 8.34. The first kappa shape index (κ1) is 19.0. The summed E-state index contributed by atoms with van der Waals surface area (Å²) in [6.07, 6.45) is -4.29. The van der Waals surface area contributed by atoms with Crippen molar-refractivity contribution in [2.24, 2.45) is 0 Å². The van der Waals surface area contributed by atoms with Crippen molar-refractivity contribution in [2.45, 2.75) is 18.6 Å². The Labute approximate surface area is 125 Å². The minimum Gasteiger partial charge on any atom is -0.455 e. The third kappa shape index (κ3) is 6.98. The molecule has 0 unspecified atom stereocenters. The van der Waals surface area contributed by atoms with Gasteiger partial charge < -0.3 is 10.1 Å². The fourth-order valence-corrected chi connectivity index (χ4v) is 1.54. The van der Waals surface area contributed by atoms with Crippen LogP contribution in [0.4, 0.5) is 13.2 Å². The highest BCUT2D eigenvalue weighted by Gasteiger charge is 2.31. The maximum absolute atomic E-state index is 11.9. The lowest BCUT2D eigenvalue weighted by atomic mass is 10.1. The van der Waals surface area contributed by atoms with Gasteiger partial charge in [0.05, 0.1) is 0 Å². The molecule has 0 spiro atoms. The smallest absolute Gasteiger partial charge is 0.422 e. The SMILES string of the molecule is CN[C@@H](Cc1ccc(Cl)cc1)C(=O)OCC(F)(F)F.Cl. The van der Waals surface area contributed by atoms with Crippen molar-refractivity contribution in [2.75, 3.05) is 13.7 Å². The molecule has 1 atom stereocenters. The van der Waals surface area contributed by atoms with Gasteiger partial charge in [0.15, 0.2) is 6.61 Å². The molecule has 114 valence electrons. The molecule has 0 fully saturated rings. The summed E-state index contributed by atoms with van der Waals surface area (Å²) in [5, 5.41) is 3.17. The van der Waals surface area contributed by atoms with Crippen molar-refractivity contribution < 1.29 is 22.7 Å². The summed E-state index contributed by atoms with van der Waals surface area (Å²) in [6, 6.07) is 5.85. The summed E-state index contributed by atoms with van der Waals surface area (Å²) >= 11 is 5.71. The van der Waals surface area contributed by atoms with E-state index in [0.717, 1.165) is 5.56 Å². The largest absolute Gasteiger partial charge is 0.455 e. The van der Waals surface area contributed by atoms with Crippen LogP contribution in [0.1, 0.15) is 5.56 Å². The van der Waals surface area contributed by atoms with Gasteiger partial charge in [-0.2, -0.15) is 13.2 Å². The van der Waals surface area contributed by atoms with E-state index in [1.807, 2.05) is 0 Å². The van der Waals surface area contributed by atoms with E-state index >= 15 is 0 Å². The summed E-state index contributed by atoms with van der Waals surface area (Å²) in [4.78, 5) is 11.5. The quantitative estimate of drug-likeness (QED) is 0.843. The molecule has 0 heterocycles. The topological polar surface area (TPSA) is 38.3 Å². The van der Waals surface area contributed by atoms with E-state index < -0.39 is 24.8 Å². The van der Waals surface area contributed by atoms with Crippen LogP contribution in [0.25, 0.3) is 0 Å². The number of benzene rings is 1. The maximum Gasteiger partial charge on any atom is 0.422 e. The first-order valence-corrected chi connectivity index (χ1v) is 5.84. The van der Waals surface area contributed by atoms with Gasteiger partial charge in [-0.25, -0.2) is 0 Å². The molecule has 1 rings (SSSR count). The van der Waals surface area contributed by atoms with Crippen molar-refractivity contribution in [1.29, 1.82) is 0 Å². The van der Waals surface area contributed by atoms with Crippen LogP contribution in [0.2, 0.25) is 5.02 Å². The normalized spacial score (nSPS) is 12.4. The molecule has 0 amide bonds. The zero-order valence-electron chi connectivity index (χ0n) is 10.5. The van der Waals surface area contributed by atoms with Crippen molar-refractivity contribution in [3.8, 4) is 0 Å². The summed E-state index contributed by atoms with van der Waals surface area (Å²) in [5.74, 6) is -0.935. The molecule has 0 aliphatic rings. The Balaban J connectivity index is 0.00000361. The molecule has 20 heavy (non-hydrogen) atoms. The molecule has 1 aromatic carbocycles. The van der Waals surface area contributed by atoms with Crippen molar-refractivity contribution in [1.82, 2.24) is 5.32 Å². The number of hydrogen-bond donors (Lipinski definition) is 1. The molecule has 0 saturated carbocycles. The highest BCUT2D eigenvalue weighted by molar-refractivity contribution is 6.30. The minimum absolute atomic E-state index is 0. The number of alkyl halides is 3. The highest BCUT2D eigenvalue weighted by atomic mass is 35.5. The first-order valence-electron chi connectivity index (χ1n) is 5.47. The fraction of sp³-hybridized carbons (Fsp3) is 0.417. The molecule has 8 heteroatoms. The van der Waals surface area contributed by atoms with Crippen LogP contribution in [-0.2, 0) is 16.0 Å². The van der Waals surface area contributed by atoms with Crippen LogP contribution < -0.4 is 5.32 Å². The molecular formula is C12H14Cl2F3NO2. The Bertz CT molecular complexity index is 424. The molecule has 0 aromatic heterocycles. The third-order valence-corrected chi connectivity index (χ3v) is 2.62. The lowest BCUT2D eigenvalue weighted by Crippen LogP contribution is -2.39. The van der Waals surface area contributed by atoms with Gasteiger partial charge in [-0.15, -0.1) is 12.4 Å². The molecule has 0 saturated heterocycles. The van der Waals surface area contributed by atoms with Crippen molar-refractivity contribution in [3.63, 3.8) is 0 Å². The van der Waals surface area contributed by atoms with Gasteiger partial charge in [0.1, 0.15) is 6.04 Å². The van der Waals surface area contributed by atoms with Gasteiger partial charge in [-0.3, -0.25) is 4.79 Å². The number of ether oxygens (including phenoxy) is 1. The van der Waals surface area contributed by atoms with Crippen molar-refractivity contribution >= 4 is 30.0 Å². The van der Waals surface area contributed by atoms with Gasteiger partial charge in [-0.05, 0) is 31.2 Å². The zero-order chi connectivity index (χ0) is 14.5. The number of likely N-dealkylation sites (N-methyl/N-ethyl adjacent to an activating group) is 1. The molecular weight excluding hydrogens is 318 g/mol. The third-order valence-electron chi connectivity index (χ3n) is 2.36. The van der Waals surface area contributed by atoms with E-state index in [0.29, 0.717) is 5.02 Å². The van der Waals surface area contributed by atoms with Gasteiger partial charge in [-0.1, -0.05) is 23.7 Å². The minimum atomic E-state index is -4.52. The Morgan fingerprint density at radius 1 is 1.35 bits per heavy atom. The summed E-state index contributed by atoms with van der Waals surface area (Å²) < 4.78 is 40.0. The average molecular weight is 332 g/mol. The average Bonchev–Trinajstić information content (AvgIpc) is 2.34. The molecule has 0 aliphatic carbocycles. The molecule has 0 bridgehead atoms. The van der Waals surface area contributed by atoms with Gasteiger partial charge in [0.25, 0.3) is 0 Å². The monoisotopic (exact) mass is 331 g/mol. The van der Waals surface area contributed by atoms with Crippen LogP contribution in [0.5, 0.6) is 0 Å². The zero-order valence-corrected chi connectivity index (χ0v) is 12.1. The van der Waals surface area contributed by atoms with E-state index in [1.165, 1.54) is 7.05 Å². The van der Waals surface area contributed by atoms with E-state index in [4.69, 9.17) is 11.6 Å². The lowest BCUT2D eigenvalue weighted by molar-refractivity contribution is -0.187. The molecule has 0 aliphatic heterocycles. The van der Waals surface area contributed by atoms with Crippen LogP contribution in [0.3, 0.4) is 0 Å². The number of nitrogens with one attached hydrogen (secondary N) is 1. The van der Waals surface area contributed by atoms with E-state index in [2.05, 4.69) is 10.1 Å². The molecule has 1 aromatic rings. The first-order chi connectivity index (χ1) is 8.81. The van der Waals surface area contributed by atoms with Gasteiger partial charge in [0, 0.05) is 5.02 Å². The fourth-order valence-electron chi connectivity index (χ4n) is 1.41. The molecule has 0 radical (unpaired) electrons. The maximum atomic E-state index is 11.9. The lowest BCUT2D eigenvalue weighted by Gasteiger charge is -2.16. The van der Waals surface area contributed by atoms with Crippen molar-refractivity contribution in [3.05, 3.63) is 34.9 Å². The highest BCUT2D eigenvalue weighted by Crippen LogP contribution is 2.16. The Kier molecular flexibility index (Phi) is 7.93. The standard InChI is InChI=1S/C12H13ClF3NO2.ClH/c1-17-10(11(18)19-7-12(14,15)16)6-8-2-4-9(13)5-3-8;/h2-5,10,17H,6-7H2,1H3;1H/t10-;/m0./s1. The van der Waals surface area contributed by atoms with Gasteiger partial charge >= 0.3 is 12.1 Å². The second-order valence-corrected chi connectivity index (χ2v) is 4.33. The number of carbonyl (C=O) groups is 1. The Morgan fingerprint density at radius 2 is 1.90 bits per heavy atom.